The summed E-state index contributed by atoms with van der Waals surface area (Å²) in [5, 5.41) is 17.4. The highest BCUT2D eigenvalue weighted by Gasteiger charge is 2.39. The van der Waals surface area contributed by atoms with Gasteiger partial charge in [0.1, 0.15) is 5.56 Å². The lowest BCUT2D eigenvalue weighted by Gasteiger charge is -2.40. The van der Waals surface area contributed by atoms with Gasteiger partial charge in [0.2, 0.25) is 5.91 Å². The quantitative estimate of drug-likeness (QED) is 0.429. The number of primary amides is 1. The predicted octanol–water partition coefficient (Wildman–Crippen LogP) is 3.70. The molecule has 1 aromatic carbocycles. The molecular weight excluding hydrogens is 462 g/mol. The van der Waals surface area contributed by atoms with Gasteiger partial charge >= 0.3 is 0 Å². The zero-order valence-electron chi connectivity index (χ0n) is 20.3. The summed E-state index contributed by atoms with van der Waals surface area (Å²) in [5.74, 6) is -0.603. The van der Waals surface area contributed by atoms with Gasteiger partial charge < -0.3 is 15.8 Å². The van der Waals surface area contributed by atoms with E-state index in [1.54, 1.807) is 22.8 Å². The van der Waals surface area contributed by atoms with Crippen LogP contribution in [-0.4, -0.2) is 44.8 Å². The van der Waals surface area contributed by atoms with Gasteiger partial charge in [-0.3, -0.25) is 19.2 Å². The molecule has 10 heteroatoms. The number of piperidine rings is 1. The van der Waals surface area contributed by atoms with Crippen LogP contribution in [0.25, 0.3) is 0 Å². The highest BCUT2D eigenvalue weighted by atomic mass is 32.2. The van der Waals surface area contributed by atoms with Crippen LogP contribution in [0, 0.1) is 17.2 Å². The van der Waals surface area contributed by atoms with Crippen molar-refractivity contribution < 1.29 is 9.59 Å². The number of benzene rings is 1. The number of aromatic nitrogens is 2. The number of rotatable bonds is 10. The second-order valence-electron chi connectivity index (χ2n) is 9.77. The van der Waals surface area contributed by atoms with Gasteiger partial charge in [-0.05, 0) is 55.3 Å². The van der Waals surface area contributed by atoms with Crippen molar-refractivity contribution in [3.8, 4) is 6.07 Å². The molecular formula is C25H33N7O2S. The minimum atomic E-state index is -0.643. The Labute approximate surface area is 210 Å². The lowest BCUT2D eigenvalue weighted by molar-refractivity contribution is -0.117. The lowest BCUT2D eigenvalue weighted by Crippen LogP contribution is -2.46. The molecule has 1 aliphatic heterocycles. The first-order valence-electron chi connectivity index (χ1n) is 12.1. The maximum Gasteiger partial charge on any atom is 0.254 e. The second-order valence-corrected chi connectivity index (χ2v) is 11.2. The SMILES string of the molecule is CC(C)SNc1cccc(CN2CCC(CC#N)(n3cc(C(N)=O)c(NC(=O)C4CC4)n3)CC2)c1. The van der Waals surface area contributed by atoms with Crippen molar-refractivity contribution in [1.29, 1.82) is 5.26 Å². The summed E-state index contributed by atoms with van der Waals surface area (Å²) in [7, 11) is 0. The normalized spacial score (nSPS) is 17.7. The van der Waals surface area contributed by atoms with E-state index in [0.29, 0.717) is 18.1 Å². The van der Waals surface area contributed by atoms with Crippen molar-refractivity contribution in [3.63, 3.8) is 0 Å². The molecule has 2 heterocycles. The Kier molecular flexibility index (Phi) is 7.67. The Morgan fingerprint density at radius 3 is 2.69 bits per heavy atom. The molecule has 0 radical (unpaired) electrons. The molecule has 4 N–H and O–H groups in total. The van der Waals surface area contributed by atoms with Gasteiger partial charge in [-0.1, -0.05) is 26.0 Å². The zero-order chi connectivity index (χ0) is 25.0. The van der Waals surface area contributed by atoms with Crippen LogP contribution in [0.5, 0.6) is 0 Å². The van der Waals surface area contributed by atoms with Crippen molar-refractivity contribution >= 4 is 35.3 Å². The molecule has 1 saturated carbocycles. The van der Waals surface area contributed by atoms with Crippen molar-refractivity contribution in [2.24, 2.45) is 11.7 Å². The number of nitriles is 1. The van der Waals surface area contributed by atoms with E-state index in [0.717, 1.165) is 38.2 Å². The third-order valence-electron chi connectivity index (χ3n) is 6.60. The fourth-order valence-corrected chi connectivity index (χ4v) is 4.89. The molecule has 2 aliphatic rings. The molecule has 1 saturated heterocycles. The standard InChI is InChI=1S/C25H33N7O2S/c1-17(2)35-30-20-5-3-4-18(14-20)15-31-12-9-25(8-11-26,10-13-31)32-16-21(22(27)33)23(29-32)28-24(34)19-6-7-19/h3-5,14,16-17,19,30H,6-10,12-13,15H2,1-2H3,(H2,27,33)(H,28,29,34). The Balaban J connectivity index is 1.46. The first-order valence-corrected chi connectivity index (χ1v) is 13.0. The van der Waals surface area contributed by atoms with E-state index >= 15 is 0 Å². The van der Waals surface area contributed by atoms with Crippen LogP contribution < -0.4 is 15.8 Å². The number of carbonyl (C=O) groups is 2. The molecule has 9 nitrogen and oxygen atoms in total. The highest BCUT2D eigenvalue weighted by molar-refractivity contribution is 8.01. The summed E-state index contributed by atoms with van der Waals surface area (Å²) in [4.78, 5) is 26.7. The number of nitrogens with one attached hydrogen (secondary N) is 2. The second kappa shape index (κ2) is 10.7. The van der Waals surface area contributed by atoms with Crippen molar-refractivity contribution in [3.05, 3.63) is 41.6 Å². The van der Waals surface area contributed by atoms with Crippen LogP contribution in [0.3, 0.4) is 0 Å². The molecule has 0 bridgehead atoms. The maximum absolute atomic E-state index is 12.3. The zero-order valence-corrected chi connectivity index (χ0v) is 21.1. The van der Waals surface area contributed by atoms with Gasteiger partial charge in [0.05, 0.1) is 18.0 Å². The minimum absolute atomic E-state index is 0.0187. The monoisotopic (exact) mass is 495 g/mol. The number of carbonyl (C=O) groups excluding carboxylic acids is 2. The average molecular weight is 496 g/mol. The molecule has 0 unspecified atom stereocenters. The van der Waals surface area contributed by atoms with Crippen LogP contribution in [0.4, 0.5) is 11.5 Å². The molecule has 35 heavy (non-hydrogen) atoms. The number of hydrogen-bond acceptors (Lipinski definition) is 7. The van der Waals surface area contributed by atoms with Gasteiger partial charge in [-0.15, -0.1) is 0 Å². The van der Waals surface area contributed by atoms with Gasteiger partial charge in [-0.2, -0.15) is 10.4 Å². The molecule has 1 aliphatic carbocycles. The van der Waals surface area contributed by atoms with E-state index < -0.39 is 11.4 Å². The number of hydrogen-bond donors (Lipinski definition) is 3. The van der Waals surface area contributed by atoms with E-state index in [-0.39, 0.29) is 29.6 Å². The molecule has 0 spiro atoms. The third kappa shape index (κ3) is 6.16. The lowest BCUT2D eigenvalue weighted by atomic mass is 9.84. The van der Waals surface area contributed by atoms with Crippen molar-refractivity contribution in [1.82, 2.24) is 14.7 Å². The van der Waals surface area contributed by atoms with Gasteiger partial charge in [0.15, 0.2) is 5.82 Å². The molecule has 0 atom stereocenters. The average Bonchev–Trinajstić information content (AvgIpc) is 3.59. The Morgan fingerprint density at radius 2 is 2.06 bits per heavy atom. The van der Waals surface area contributed by atoms with E-state index in [1.807, 2.05) is 0 Å². The van der Waals surface area contributed by atoms with E-state index in [9.17, 15) is 14.9 Å². The van der Waals surface area contributed by atoms with Crippen LogP contribution >= 0.6 is 11.9 Å². The summed E-state index contributed by atoms with van der Waals surface area (Å²) in [6, 6.07) is 10.7. The van der Waals surface area contributed by atoms with Gasteiger partial charge in [0, 0.05) is 42.7 Å². The maximum atomic E-state index is 12.3. The summed E-state index contributed by atoms with van der Waals surface area (Å²) in [6.07, 6.45) is 4.97. The summed E-state index contributed by atoms with van der Waals surface area (Å²) in [6.45, 7) is 6.70. The van der Waals surface area contributed by atoms with E-state index in [4.69, 9.17) is 5.73 Å². The van der Waals surface area contributed by atoms with Crippen LogP contribution in [0.1, 0.15) is 61.9 Å². The number of amides is 2. The number of likely N-dealkylation sites (tertiary alicyclic amines) is 1. The van der Waals surface area contributed by atoms with Crippen molar-refractivity contribution in [2.45, 2.75) is 63.3 Å². The molecule has 2 fully saturated rings. The summed E-state index contributed by atoms with van der Waals surface area (Å²) in [5.41, 5.74) is 7.53. The summed E-state index contributed by atoms with van der Waals surface area (Å²) < 4.78 is 5.10. The van der Waals surface area contributed by atoms with Gasteiger partial charge in [0.25, 0.3) is 5.91 Å². The highest BCUT2D eigenvalue weighted by Crippen LogP contribution is 2.36. The number of nitrogens with zero attached hydrogens (tertiary/aromatic N) is 4. The van der Waals surface area contributed by atoms with E-state index in [1.165, 1.54) is 5.56 Å². The molecule has 2 aromatic rings. The van der Waals surface area contributed by atoms with Crippen LogP contribution in [0.15, 0.2) is 30.5 Å². The molecule has 1 aromatic heterocycles. The van der Waals surface area contributed by atoms with Crippen LogP contribution in [-0.2, 0) is 16.9 Å². The topological polar surface area (TPSA) is 129 Å². The molecule has 2 amide bonds. The Hall–Kier alpha value is -3.03. The Morgan fingerprint density at radius 1 is 1.31 bits per heavy atom. The minimum Gasteiger partial charge on any atom is -0.365 e. The number of nitrogens with two attached hydrogens (primary N) is 1. The molecule has 4 rings (SSSR count). The number of anilines is 2. The fourth-order valence-electron chi connectivity index (χ4n) is 4.39. The fraction of sp³-hybridized carbons (Fsp3) is 0.520. The smallest absolute Gasteiger partial charge is 0.254 e. The first kappa shape index (κ1) is 25.1. The predicted molar refractivity (Wildman–Crippen MR) is 138 cm³/mol. The van der Waals surface area contributed by atoms with Gasteiger partial charge in [-0.25, -0.2) is 0 Å². The Bertz CT molecular complexity index is 1110. The van der Waals surface area contributed by atoms with E-state index in [2.05, 4.69) is 64.2 Å². The summed E-state index contributed by atoms with van der Waals surface area (Å²) >= 11 is 1.69. The largest absolute Gasteiger partial charge is 0.365 e. The molecule has 186 valence electrons. The first-order chi connectivity index (χ1) is 16.8. The third-order valence-corrected chi connectivity index (χ3v) is 7.42. The van der Waals surface area contributed by atoms with Crippen LogP contribution in [0.2, 0.25) is 0 Å². The van der Waals surface area contributed by atoms with Crippen molar-refractivity contribution in [2.75, 3.05) is 23.1 Å².